The van der Waals surface area contributed by atoms with Crippen LogP contribution < -0.4 is 16.6 Å². The van der Waals surface area contributed by atoms with Gasteiger partial charge in [-0.25, -0.2) is 4.79 Å². The van der Waals surface area contributed by atoms with Crippen molar-refractivity contribution in [3.8, 4) is 0 Å². The second-order valence-corrected chi connectivity index (χ2v) is 9.33. The van der Waals surface area contributed by atoms with E-state index in [-0.39, 0.29) is 16.8 Å². The fraction of sp³-hybridized carbons (Fsp3) is 0.381. The molecule has 0 saturated carbocycles. The number of hydrogen-bond acceptors (Lipinski definition) is 4. The van der Waals surface area contributed by atoms with Crippen LogP contribution in [0.25, 0.3) is 0 Å². The average molecular weight is 444 g/mol. The number of rotatable bonds is 1. The Morgan fingerprint density at radius 3 is 2.50 bits per heavy atom. The van der Waals surface area contributed by atoms with Crippen molar-refractivity contribution >= 4 is 27.5 Å². The van der Waals surface area contributed by atoms with Crippen molar-refractivity contribution in [1.29, 1.82) is 0 Å². The fourth-order valence-electron chi connectivity index (χ4n) is 4.37. The van der Waals surface area contributed by atoms with Crippen LogP contribution in [-0.4, -0.2) is 14.9 Å². The third kappa shape index (κ3) is 2.80. The molecular formula is C21H22BrN3O3. The predicted octanol–water partition coefficient (Wildman–Crippen LogP) is 3.05. The van der Waals surface area contributed by atoms with Crippen molar-refractivity contribution in [3.05, 3.63) is 72.0 Å². The van der Waals surface area contributed by atoms with Gasteiger partial charge in [-0.05, 0) is 29.5 Å². The van der Waals surface area contributed by atoms with Gasteiger partial charge in [-0.1, -0.05) is 41.9 Å². The summed E-state index contributed by atoms with van der Waals surface area (Å²) in [6.45, 7) is 4.12. The Morgan fingerprint density at radius 1 is 1.11 bits per heavy atom. The third-order valence-electron chi connectivity index (χ3n) is 5.65. The van der Waals surface area contributed by atoms with Gasteiger partial charge in [0.15, 0.2) is 5.78 Å². The first-order valence-corrected chi connectivity index (χ1v) is 9.98. The van der Waals surface area contributed by atoms with Crippen LogP contribution in [0.1, 0.15) is 43.7 Å². The summed E-state index contributed by atoms with van der Waals surface area (Å²) >= 11 is 3.49. The molecule has 2 aliphatic rings. The largest absolute Gasteiger partial charge is 0.344 e. The molecule has 6 nitrogen and oxygen atoms in total. The molecule has 1 N–H and O–H groups in total. The number of nitrogens with one attached hydrogen (secondary N) is 1. The Morgan fingerprint density at radius 2 is 1.82 bits per heavy atom. The summed E-state index contributed by atoms with van der Waals surface area (Å²) in [5.74, 6) is 0.0189. The molecule has 0 amide bonds. The molecule has 2 heterocycles. The van der Waals surface area contributed by atoms with E-state index in [4.69, 9.17) is 0 Å². The number of Topliss-reactive ketones (excluding diaryl/α,β-unsaturated/α-hetero) is 1. The maximum absolute atomic E-state index is 13.2. The zero-order valence-electron chi connectivity index (χ0n) is 16.3. The molecule has 1 aliphatic carbocycles. The van der Waals surface area contributed by atoms with Gasteiger partial charge in [-0.3, -0.25) is 18.7 Å². The quantitative estimate of drug-likeness (QED) is 0.734. The molecule has 0 saturated heterocycles. The van der Waals surface area contributed by atoms with Gasteiger partial charge in [-0.15, -0.1) is 0 Å². The number of aromatic nitrogens is 2. The van der Waals surface area contributed by atoms with E-state index in [2.05, 4.69) is 35.1 Å². The highest BCUT2D eigenvalue weighted by Gasteiger charge is 2.42. The van der Waals surface area contributed by atoms with Crippen molar-refractivity contribution in [2.24, 2.45) is 19.5 Å². The van der Waals surface area contributed by atoms with Crippen molar-refractivity contribution in [2.75, 3.05) is 5.32 Å². The van der Waals surface area contributed by atoms with Crippen LogP contribution in [0.5, 0.6) is 0 Å². The topological polar surface area (TPSA) is 73.1 Å². The summed E-state index contributed by atoms with van der Waals surface area (Å²) in [7, 11) is 3.12. The smallest absolute Gasteiger partial charge is 0.332 e. The Labute approximate surface area is 171 Å². The van der Waals surface area contributed by atoms with E-state index in [1.807, 2.05) is 24.3 Å². The minimum Gasteiger partial charge on any atom is -0.344 e. The molecule has 7 heteroatoms. The van der Waals surface area contributed by atoms with Gasteiger partial charge in [0.2, 0.25) is 0 Å². The van der Waals surface area contributed by atoms with Crippen LogP contribution in [0.4, 0.5) is 5.82 Å². The first kappa shape index (κ1) is 18.9. The van der Waals surface area contributed by atoms with E-state index < -0.39 is 11.6 Å². The predicted molar refractivity (Wildman–Crippen MR) is 112 cm³/mol. The molecule has 0 fully saturated rings. The van der Waals surface area contributed by atoms with E-state index >= 15 is 0 Å². The van der Waals surface area contributed by atoms with Gasteiger partial charge >= 0.3 is 5.69 Å². The van der Waals surface area contributed by atoms with Crippen LogP contribution in [0, 0.1) is 5.41 Å². The SMILES string of the molecule is Cn1c2c(c(=O)n(C)c1=O)C(c1cccc(Br)c1)C1=C(CC(C)(C)CC1=O)N2. The number of carbonyl (C=O) groups is 1. The van der Waals surface area contributed by atoms with Gasteiger partial charge < -0.3 is 5.32 Å². The second-order valence-electron chi connectivity index (χ2n) is 8.41. The molecule has 146 valence electrons. The van der Waals surface area contributed by atoms with E-state index in [0.29, 0.717) is 29.8 Å². The van der Waals surface area contributed by atoms with E-state index in [9.17, 15) is 14.4 Å². The summed E-state index contributed by atoms with van der Waals surface area (Å²) < 4.78 is 3.43. The minimum absolute atomic E-state index is 0.0466. The lowest BCUT2D eigenvalue weighted by atomic mass is 9.69. The molecule has 1 unspecified atom stereocenters. The zero-order valence-corrected chi connectivity index (χ0v) is 17.9. The van der Waals surface area contributed by atoms with E-state index in [0.717, 1.165) is 20.3 Å². The molecule has 1 aromatic carbocycles. The van der Waals surface area contributed by atoms with Crippen molar-refractivity contribution < 1.29 is 4.79 Å². The fourth-order valence-corrected chi connectivity index (χ4v) is 4.79. The van der Waals surface area contributed by atoms with Crippen LogP contribution in [0.15, 0.2) is 49.6 Å². The first-order chi connectivity index (χ1) is 13.1. The Bertz CT molecular complexity index is 1170. The third-order valence-corrected chi connectivity index (χ3v) is 6.14. The second kappa shape index (κ2) is 6.30. The van der Waals surface area contributed by atoms with E-state index in [1.54, 1.807) is 7.05 Å². The van der Waals surface area contributed by atoms with Crippen LogP contribution in [0.2, 0.25) is 0 Å². The standard InChI is InChI=1S/C21H22BrN3O3/c1-21(2)9-13-16(14(26)10-21)15(11-6-5-7-12(22)8-11)17-18(23-13)24(3)20(28)25(4)19(17)27/h5-8,15,23H,9-10H2,1-4H3. The summed E-state index contributed by atoms with van der Waals surface area (Å²) in [6.07, 6.45) is 1.11. The minimum atomic E-state index is -0.502. The van der Waals surface area contributed by atoms with E-state index in [1.165, 1.54) is 11.6 Å². The lowest BCUT2D eigenvalue weighted by molar-refractivity contribution is -0.118. The lowest BCUT2D eigenvalue weighted by Gasteiger charge is -2.39. The molecule has 0 bridgehead atoms. The van der Waals surface area contributed by atoms with Crippen LogP contribution >= 0.6 is 15.9 Å². The maximum Gasteiger partial charge on any atom is 0.332 e. The molecule has 28 heavy (non-hydrogen) atoms. The Balaban J connectivity index is 2.09. The normalized spacial score (nSPS) is 20.5. The molecule has 0 spiro atoms. The summed E-state index contributed by atoms with van der Waals surface area (Å²) in [5.41, 5.74) is 1.79. The number of nitrogens with zero attached hydrogens (tertiary/aromatic N) is 2. The van der Waals surface area contributed by atoms with Gasteiger partial charge in [0, 0.05) is 42.2 Å². The van der Waals surface area contributed by atoms with Crippen molar-refractivity contribution in [1.82, 2.24) is 9.13 Å². The van der Waals surface area contributed by atoms with Gasteiger partial charge in [-0.2, -0.15) is 0 Å². The van der Waals surface area contributed by atoms with Gasteiger partial charge in [0.25, 0.3) is 5.56 Å². The van der Waals surface area contributed by atoms with Gasteiger partial charge in [0.05, 0.1) is 5.56 Å². The number of anilines is 1. The average Bonchev–Trinajstić information content (AvgIpc) is 2.62. The van der Waals surface area contributed by atoms with Crippen molar-refractivity contribution in [2.45, 2.75) is 32.6 Å². The maximum atomic E-state index is 13.2. The molecule has 4 rings (SSSR count). The number of allylic oxidation sites excluding steroid dienone is 2. The van der Waals surface area contributed by atoms with Crippen molar-refractivity contribution in [3.63, 3.8) is 0 Å². The number of fused-ring (bicyclic) bond motifs is 1. The monoisotopic (exact) mass is 443 g/mol. The number of benzene rings is 1. The number of ketones is 1. The van der Waals surface area contributed by atoms with Gasteiger partial charge in [0.1, 0.15) is 5.82 Å². The summed E-state index contributed by atoms with van der Waals surface area (Å²) in [6, 6.07) is 7.66. The highest BCUT2D eigenvalue weighted by atomic mass is 79.9. The summed E-state index contributed by atoms with van der Waals surface area (Å²) in [5, 5.41) is 3.27. The highest BCUT2D eigenvalue weighted by Crippen LogP contribution is 2.47. The lowest BCUT2D eigenvalue weighted by Crippen LogP contribution is -2.45. The zero-order chi connectivity index (χ0) is 20.4. The number of hydrogen-bond donors (Lipinski definition) is 1. The Kier molecular flexibility index (Phi) is 4.26. The summed E-state index contributed by atoms with van der Waals surface area (Å²) in [4.78, 5) is 38.8. The number of halogens is 1. The number of carbonyl (C=O) groups excluding carboxylic acids is 1. The molecule has 1 atom stereocenters. The Hall–Kier alpha value is -2.41. The highest BCUT2D eigenvalue weighted by molar-refractivity contribution is 9.10. The molecule has 0 radical (unpaired) electrons. The molecule has 1 aromatic heterocycles. The van der Waals surface area contributed by atoms with Crippen LogP contribution in [-0.2, 0) is 18.9 Å². The van der Waals surface area contributed by atoms with Crippen LogP contribution in [0.3, 0.4) is 0 Å². The first-order valence-electron chi connectivity index (χ1n) is 9.19. The molecular weight excluding hydrogens is 422 g/mol. The molecule has 2 aromatic rings. The molecule has 1 aliphatic heterocycles.